The third-order valence-electron chi connectivity index (χ3n) is 5.45. The number of halogens is 2. The van der Waals surface area contributed by atoms with Crippen molar-refractivity contribution in [1.29, 1.82) is 0 Å². The molecule has 3 aromatic carbocycles. The van der Waals surface area contributed by atoms with Gasteiger partial charge in [0.1, 0.15) is 11.6 Å². The quantitative estimate of drug-likeness (QED) is 0.293. The molecule has 34 heavy (non-hydrogen) atoms. The number of aryl methyl sites for hydroxylation is 1. The molecule has 174 valence electrons. The summed E-state index contributed by atoms with van der Waals surface area (Å²) in [6, 6.07) is 22.3. The van der Waals surface area contributed by atoms with Gasteiger partial charge in [0.05, 0.1) is 23.5 Å². The minimum Gasteiger partial charge on any atom is -0.439 e. The van der Waals surface area contributed by atoms with Crippen molar-refractivity contribution in [2.45, 2.75) is 33.4 Å². The summed E-state index contributed by atoms with van der Waals surface area (Å²) in [7, 11) is 0. The number of rotatable bonds is 7. The topological polar surface area (TPSA) is 47.4 Å². The first-order chi connectivity index (χ1) is 16.3. The van der Waals surface area contributed by atoms with Crippen LogP contribution in [-0.2, 0) is 6.54 Å². The van der Waals surface area contributed by atoms with Gasteiger partial charge in [-0.1, -0.05) is 35.9 Å². The van der Waals surface area contributed by atoms with Crippen molar-refractivity contribution in [3.8, 4) is 17.3 Å². The van der Waals surface area contributed by atoms with Crippen molar-refractivity contribution < 1.29 is 13.9 Å². The third kappa shape index (κ3) is 5.13. The highest BCUT2D eigenvalue weighted by Crippen LogP contribution is 2.33. The van der Waals surface area contributed by atoms with Crippen LogP contribution < -0.4 is 4.74 Å². The van der Waals surface area contributed by atoms with Crippen LogP contribution in [0.3, 0.4) is 0 Å². The van der Waals surface area contributed by atoms with Gasteiger partial charge >= 0.3 is 0 Å². The van der Waals surface area contributed by atoms with E-state index in [-0.39, 0.29) is 18.5 Å². The number of carbonyl (C=O) groups excluding carboxylic acids is 1. The average Bonchev–Trinajstić information content (AvgIpc) is 3.13. The fourth-order valence-electron chi connectivity index (χ4n) is 3.63. The summed E-state index contributed by atoms with van der Waals surface area (Å²) in [6.07, 6.45) is 0. The van der Waals surface area contributed by atoms with E-state index in [4.69, 9.17) is 21.4 Å². The van der Waals surface area contributed by atoms with Crippen LogP contribution in [0, 0.1) is 12.7 Å². The first-order valence-corrected chi connectivity index (χ1v) is 11.3. The lowest BCUT2D eigenvalue weighted by molar-refractivity contribution is 0.0688. The van der Waals surface area contributed by atoms with Crippen LogP contribution in [0.25, 0.3) is 5.69 Å². The van der Waals surface area contributed by atoms with Crippen molar-refractivity contribution >= 4 is 17.5 Å². The van der Waals surface area contributed by atoms with E-state index in [0.29, 0.717) is 22.2 Å². The fraction of sp³-hybridized carbons (Fsp3) is 0.185. The van der Waals surface area contributed by atoms with Gasteiger partial charge in [0.25, 0.3) is 5.91 Å². The zero-order valence-corrected chi connectivity index (χ0v) is 20.0. The Bertz CT molecular complexity index is 1290. The molecular weight excluding hydrogens is 453 g/mol. The van der Waals surface area contributed by atoms with Crippen LogP contribution in [0.2, 0.25) is 5.02 Å². The van der Waals surface area contributed by atoms with Gasteiger partial charge in [-0.15, -0.1) is 0 Å². The lowest BCUT2D eigenvalue weighted by Crippen LogP contribution is -2.36. The van der Waals surface area contributed by atoms with Crippen molar-refractivity contribution in [3.05, 3.63) is 107 Å². The van der Waals surface area contributed by atoms with Crippen molar-refractivity contribution in [2.24, 2.45) is 0 Å². The number of carbonyl (C=O) groups is 1. The standard InChI is InChI=1S/C27H25ClFN3O2/c1-18(2)31(26(33)20-8-7-9-22(29)16-20)17-25-19(3)30-32(23-10-5-4-6-11-23)27(25)34-24-14-12-21(28)13-15-24/h4-16,18H,17H2,1-3H3. The first-order valence-electron chi connectivity index (χ1n) is 11.0. The van der Waals surface area contributed by atoms with Gasteiger partial charge in [0, 0.05) is 16.6 Å². The highest BCUT2D eigenvalue weighted by molar-refractivity contribution is 6.30. The van der Waals surface area contributed by atoms with E-state index < -0.39 is 5.82 Å². The Balaban J connectivity index is 1.77. The second-order valence-electron chi connectivity index (χ2n) is 8.21. The van der Waals surface area contributed by atoms with Crippen molar-refractivity contribution in [2.75, 3.05) is 0 Å². The number of ether oxygens (including phenoxy) is 1. The molecule has 0 N–H and O–H groups in total. The number of aromatic nitrogens is 2. The van der Waals surface area contributed by atoms with E-state index in [1.165, 1.54) is 18.2 Å². The maximum Gasteiger partial charge on any atom is 0.254 e. The highest BCUT2D eigenvalue weighted by Gasteiger charge is 2.26. The average molecular weight is 478 g/mol. The van der Waals surface area contributed by atoms with E-state index in [9.17, 15) is 9.18 Å². The predicted octanol–water partition coefficient (Wildman–Crippen LogP) is 6.82. The summed E-state index contributed by atoms with van der Waals surface area (Å²) in [6.45, 7) is 5.98. The molecule has 0 aliphatic rings. The summed E-state index contributed by atoms with van der Waals surface area (Å²) in [4.78, 5) is 15.0. The van der Waals surface area contributed by atoms with E-state index >= 15 is 0 Å². The summed E-state index contributed by atoms with van der Waals surface area (Å²) < 4.78 is 21.8. The summed E-state index contributed by atoms with van der Waals surface area (Å²) in [5.74, 6) is 0.382. The smallest absolute Gasteiger partial charge is 0.254 e. The van der Waals surface area contributed by atoms with Crippen LogP contribution >= 0.6 is 11.6 Å². The second-order valence-corrected chi connectivity index (χ2v) is 8.65. The Morgan fingerprint density at radius 2 is 1.76 bits per heavy atom. The Labute approximate surface area is 203 Å². The Hall–Kier alpha value is -3.64. The molecule has 1 amide bonds. The third-order valence-corrected chi connectivity index (χ3v) is 5.70. The monoisotopic (exact) mass is 477 g/mol. The van der Waals surface area contributed by atoms with Gasteiger partial charge in [-0.3, -0.25) is 4.79 Å². The second kappa shape index (κ2) is 10.1. The summed E-state index contributed by atoms with van der Waals surface area (Å²) >= 11 is 6.04. The van der Waals surface area contributed by atoms with Gasteiger partial charge in [0.2, 0.25) is 5.88 Å². The highest BCUT2D eigenvalue weighted by atomic mass is 35.5. The molecule has 0 atom stereocenters. The lowest BCUT2D eigenvalue weighted by atomic mass is 10.1. The molecule has 0 saturated heterocycles. The molecule has 0 unspecified atom stereocenters. The van der Waals surface area contributed by atoms with Gasteiger partial charge < -0.3 is 9.64 Å². The maximum absolute atomic E-state index is 13.8. The summed E-state index contributed by atoms with van der Waals surface area (Å²) in [5.41, 5.74) is 2.61. The van der Waals surface area contributed by atoms with Gasteiger partial charge in [-0.05, 0) is 75.4 Å². The van der Waals surface area contributed by atoms with Gasteiger partial charge in [-0.25, -0.2) is 9.07 Å². The lowest BCUT2D eigenvalue weighted by Gasteiger charge is -2.27. The Morgan fingerprint density at radius 3 is 2.41 bits per heavy atom. The maximum atomic E-state index is 13.8. The number of nitrogens with zero attached hydrogens (tertiary/aromatic N) is 3. The minimum atomic E-state index is -0.450. The van der Waals surface area contributed by atoms with Gasteiger partial charge in [0.15, 0.2) is 0 Å². The zero-order chi connectivity index (χ0) is 24.2. The molecule has 0 bridgehead atoms. The molecule has 1 heterocycles. The first kappa shape index (κ1) is 23.5. The fourth-order valence-corrected chi connectivity index (χ4v) is 3.76. The molecule has 7 heteroatoms. The number of hydrogen-bond acceptors (Lipinski definition) is 3. The largest absolute Gasteiger partial charge is 0.439 e. The Kier molecular flexibility index (Phi) is 6.98. The molecule has 0 fully saturated rings. The molecule has 0 aliphatic carbocycles. The number of benzene rings is 3. The molecule has 0 aliphatic heterocycles. The SMILES string of the molecule is Cc1nn(-c2ccccc2)c(Oc2ccc(Cl)cc2)c1CN(C(=O)c1cccc(F)c1)C(C)C. The van der Waals surface area contributed by atoms with Crippen LogP contribution in [0.1, 0.15) is 35.5 Å². The van der Waals surface area contributed by atoms with Crippen LogP contribution in [-0.4, -0.2) is 26.6 Å². The number of hydrogen-bond donors (Lipinski definition) is 0. The minimum absolute atomic E-state index is 0.140. The molecule has 0 saturated carbocycles. The van der Waals surface area contributed by atoms with Crippen molar-refractivity contribution in [3.63, 3.8) is 0 Å². The Morgan fingerprint density at radius 1 is 1.06 bits per heavy atom. The predicted molar refractivity (Wildman–Crippen MR) is 131 cm³/mol. The normalized spacial score (nSPS) is 11.0. The molecule has 0 radical (unpaired) electrons. The molecule has 4 aromatic rings. The molecule has 4 rings (SSSR count). The van der Waals surface area contributed by atoms with E-state index in [1.807, 2.05) is 51.1 Å². The number of amides is 1. The van der Waals surface area contributed by atoms with Gasteiger partial charge in [-0.2, -0.15) is 5.10 Å². The summed E-state index contributed by atoms with van der Waals surface area (Å²) in [5, 5.41) is 5.32. The van der Waals surface area contributed by atoms with E-state index in [1.54, 1.807) is 39.9 Å². The van der Waals surface area contributed by atoms with Crippen LogP contribution in [0.5, 0.6) is 11.6 Å². The molecule has 0 spiro atoms. The van der Waals surface area contributed by atoms with E-state index in [0.717, 1.165) is 16.9 Å². The van der Waals surface area contributed by atoms with Crippen LogP contribution in [0.4, 0.5) is 4.39 Å². The number of para-hydroxylation sites is 1. The van der Waals surface area contributed by atoms with E-state index in [2.05, 4.69) is 0 Å². The molecule has 5 nitrogen and oxygen atoms in total. The molecular formula is C27H25ClFN3O2. The molecule has 1 aromatic heterocycles. The zero-order valence-electron chi connectivity index (χ0n) is 19.2. The van der Waals surface area contributed by atoms with Crippen LogP contribution in [0.15, 0.2) is 78.9 Å². The van der Waals surface area contributed by atoms with Crippen molar-refractivity contribution in [1.82, 2.24) is 14.7 Å².